The van der Waals surface area contributed by atoms with E-state index in [0.717, 1.165) is 38.5 Å². The summed E-state index contributed by atoms with van der Waals surface area (Å²) in [6, 6.07) is -10.3. The lowest BCUT2D eigenvalue weighted by atomic mass is 10.1. The molecular formula is C59H120N18O11S2. The molecule has 0 bridgehead atoms. The van der Waals surface area contributed by atoms with E-state index in [4.69, 9.17) is 45.9 Å². The maximum Gasteiger partial charge on any atom is 0.244 e. The predicted octanol–water partition coefficient (Wildman–Crippen LogP) is -3.56. The molecule has 0 saturated heterocycles. The fourth-order valence-corrected chi connectivity index (χ4v) is 11.2. The molecule has 0 fully saturated rings. The van der Waals surface area contributed by atoms with Gasteiger partial charge in [0.1, 0.15) is 30.2 Å². The Labute approximate surface area is 543 Å². The molecule has 0 heterocycles. The van der Waals surface area contributed by atoms with Crippen molar-refractivity contribution in [3.8, 4) is 0 Å². The number of carbonyl (C=O) groups is 9. The minimum Gasteiger partial charge on any atom is -0.394 e. The number of hydrogen-bond acceptors (Lipinski definition) is 22. The van der Waals surface area contributed by atoms with Gasteiger partial charge in [0.15, 0.2) is 0 Å². The zero-order valence-electron chi connectivity index (χ0n) is 54.1. The maximum absolute atomic E-state index is 14.3. The quantitative estimate of drug-likeness (QED) is 0.0262. The van der Waals surface area contributed by atoms with Gasteiger partial charge in [0, 0.05) is 49.2 Å². The second-order valence-electron chi connectivity index (χ2n) is 22.7. The van der Waals surface area contributed by atoms with Crippen LogP contribution >= 0.6 is 23.5 Å². The number of aliphatic hydroxyl groups is 2. The second-order valence-corrected chi connectivity index (χ2v) is 25.0. The first-order valence-electron chi connectivity index (χ1n) is 32.8. The van der Waals surface area contributed by atoms with Crippen LogP contribution in [0.4, 0.5) is 0 Å². The molecule has 0 aliphatic heterocycles. The van der Waals surface area contributed by atoms with Crippen molar-refractivity contribution in [2.45, 2.75) is 222 Å². The first kappa shape index (κ1) is 85.5. The van der Waals surface area contributed by atoms with Crippen LogP contribution < -0.4 is 99.0 Å². The van der Waals surface area contributed by atoms with E-state index < -0.39 is 115 Å². The number of carbonyl (C=O) groups excluding carboxylic acids is 9. The maximum atomic E-state index is 14.3. The second kappa shape index (κ2) is 56.1. The molecule has 10 atom stereocenters. The average Bonchev–Trinajstić information content (AvgIpc) is 3.71. The van der Waals surface area contributed by atoms with Gasteiger partial charge in [0.05, 0.1) is 43.4 Å². The molecule has 0 saturated carbocycles. The van der Waals surface area contributed by atoms with Crippen LogP contribution in [0.3, 0.4) is 0 Å². The summed E-state index contributed by atoms with van der Waals surface area (Å²) in [4.78, 5) is 122. The molecule has 10 unspecified atom stereocenters. The van der Waals surface area contributed by atoms with Gasteiger partial charge in [-0.25, -0.2) is 0 Å². The van der Waals surface area contributed by atoms with E-state index >= 15 is 0 Å². The van der Waals surface area contributed by atoms with Gasteiger partial charge < -0.3 is 109 Å². The van der Waals surface area contributed by atoms with Crippen LogP contribution in [0.15, 0.2) is 0 Å². The van der Waals surface area contributed by atoms with Gasteiger partial charge in [0.25, 0.3) is 0 Å². The number of amides is 9. The molecule has 31 heteroatoms. The highest BCUT2D eigenvalue weighted by atomic mass is 32.2. The van der Waals surface area contributed by atoms with Crippen LogP contribution in [0.5, 0.6) is 0 Å². The van der Waals surface area contributed by atoms with Crippen molar-refractivity contribution in [3.63, 3.8) is 0 Å². The van der Waals surface area contributed by atoms with E-state index in [-0.39, 0.29) is 55.8 Å². The van der Waals surface area contributed by atoms with E-state index in [1.807, 2.05) is 0 Å². The molecular weight excluding hydrogens is 1200 g/mol. The molecule has 0 aliphatic rings. The minimum atomic E-state index is -1.36. The smallest absolute Gasteiger partial charge is 0.244 e. The number of unbranched alkanes of at least 4 members (excludes halogenated alkanes) is 9. The first-order valence-corrected chi connectivity index (χ1v) is 35.2. The van der Waals surface area contributed by atoms with Crippen molar-refractivity contribution in [2.75, 3.05) is 95.1 Å². The number of thioether (sulfide) groups is 2. The normalized spacial score (nSPS) is 14.7. The lowest BCUT2D eigenvalue weighted by Crippen LogP contribution is -2.59. The fraction of sp³-hybridized carbons (Fsp3) is 0.847. The molecule has 29 nitrogen and oxygen atoms in total. The third-order valence-electron chi connectivity index (χ3n) is 14.7. The Morgan fingerprint density at radius 1 is 0.344 bits per heavy atom. The van der Waals surface area contributed by atoms with Gasteiger partial charge in [-0.1, -0.05) is 58.8 Å². The summed E-state index contributed by atoms with van der Waals surface area (Å²) in [5.41, 5.74) is 46.9. The van der Waals surface area contributed by atoms with Crippen LogP contribution in [0.25, 0.3) is 0 Å². The molecule has 9 amide bonds. The molecule has 0 aromatic heterocycles. The number of aliphatic hydroxyl groups excluding tert-OH is 2. The zero-order valence-corrected chi connectivity index (χ0v) is 55.8. The van der Waals surface area contributed by atoms with Crippen LogP contribution in [0.2, 0.25) is 0 Å². The van der Waals surface area contributed by atoms with Crippen molar-refractivity contribution >= 4 is 76.7 Å². The summed E-state index contributed by atoms with van der Waals surface area (Å²) in [6.07, 6.45) is 13.2. The van der Waals surface area contributed by atoms with E-state index in [0.29, 0.717) is 147 Å². The highest BCUT2D eigenvalue weighted by molar-refractivity contribution is 8.03. The topological polar surface area (TPSA) is 523 Å². The third-order valence-corrected chi connectivity index (χ3v) is 17.1. The lowest BCUT2D eigenvalue weighted by Gasteiger charge is -2.26. The van der Waals surface area contributed by atoms with Crippen LogP contribution in [-0.4, -0.2) is 219 Å². The summed E-state index contributed by atoms with van der Waals surface area (Å²) in [7, 11) is 0. The largest absolute Gasteiger partial charge is 0.394 e. The van der Waals surface area contributed by atoms with Crippen molar-refractivity contribution < 1.29 is 53.4 Å². The number of nitrogens with two attached hydrogens (primary N) is 8. The molecule has 0 rings (SSSR count). The molecule has 524 valence electrons. The molecule has 0 radical (unpaired) electrons. The van der Waals surface area contributed by atoms with Gasteiger partial charge >= 0.3 is 0 Å². The summed E-state index contributed by atoms with van der Waals surface area (Å²) >= 11 is 2.53. The van der Waals surface area contributed by atoms with E-state index in [1.54, 1.807) is 0 Å². The summed E-state index contributed by atoms with van der Waals surface area (Å²) in [6.45, 7) is 6.31. The number of rotatable bonds is 59. The Kier molecular flexibility index (Phi) is 53.3. The van der Waals surface area contributed by atoms with Crippen LogP contribution in [0, 0.1) is 0 Å². The average molecular weight is 1320 g/mol. The van der Waals surface area contributed by atoms with Crippen molar-refractivity contribution in [2.24, 2.45) is 45.9 Å². The highest BCUT2D eigenvalue weighted by Crippen LogP contribution is 2.14. The first-order chi connectivity index (χ1) is 43.3. The third kappa shape index (κ3) is 41.9. The van der Waals surface area contributed by atoms with Gasteiger partial charge in [-0.3, -0.25) is 43.2 Å². The molecule has 0 aliphatic carbocycles. The van der Waals surface area contributed by atoms with E-state index in [1.165, 1.54) is 23.5 Å². The van der Waals surface area contributed by atoms with Crippen molar-refractivity contribution in [1.82, 2.24) is 53.2 Å². The Balaban J connectivity index is 6.79. The molecule has 90 heavy (non-hydrogen) atoms. The van der Waals surface area contributed by atoms with E-state index in [2.05, 4.69) is 67.0 Å². The SMILES string of the molecule is CCCCCCNC(=O)C(CO)NC(=O)C(CSCCSCC(NC(=O)C(CCCCNC(=O)C(N)CCCN)NC(=O)C(N)CCCCN)C(=O)NC(CO)CNCCCCC)NC(=O)C(CCCCNC(=O)C(N)CCCN)NC(=O)C(N)CCCCN. The number of nitrogens with one attached hydrogen (secondary N) is 10. The van der Waals surface area contributed by atoms with Crippen LogP contribution in [0.1, 0.15) is 162 Å². The summed E-state index contributed by atoms with van der Waals surface area (Å²) in [5, 5.41) is 48.7. The summed E-state index contributed by atoms with van der Waals surface area (Å²) in [5.74, 6) is -4.61. The minimum absolute atomic E-state index is 0.0167. The van der Waals surface area contributed by atoms with Gasteiger partial charge in [-0.05, 0) is 135 Å². The molecule has 28 N–H and O–H groups in total. The molecule has 0 aromatic rings. The Morgan fingerprint density at radius 2 is 0.689 bits per heavy atom. The fourth-order valence-electron chi connectivity index (χ4n) is 8.97. The van der Waals surface area contributed by atoms with Gasteiger partial charge in [0.2, 0.25) is 53.2 Å². The van der Waals surface area contributed by atoms with Gasteiger partial charge in [-0.15, -0.1) is 0 Å². The zero-order chi connectivity index (χ0) is 67.3. The highest BCUT2D eigenvalue weighted by Gasteiger charge is 2.32. The lowest BCUT2D eigenvalue weighted by molar-refractivity contribution is -0.134. The van der Waals surface area contributed by atoms with Crippen LogP contribution in [-0.2, 0) is 43.2 Å². The van der Waals surface area contributed by atoms with E-state index in [9.17, 15) is 53.4 Å². The van der Waals surface area contributed by atoms with Crippen molar-refractivity contribution in [3.05, 3.63) is 0 Å². The molecule has 0 spiro atoms. The molecule has 0 aromatic carbocycles. The Morgan fingerprint density at radius 3 is 1.11 bits per heavy atom. The standard InChI is InChI=1S/C59H120N18O11S2/c1-3-5-7-15-31-71-55(84)48(38-79)75-59(88)50(77-57(86)47(74-54(83)45(67)21-9-13-27-61)25-11-17-33-70-52(81)43(65)23-19-29-63)40-90-35-34-89-39-49(58(87)72-41(37-78)36-68-30-14-6-4-2)76-56(85)46(73-53(82)44(66)20-8-12-26-60)24-10-16-32-69-51(80)42(64)22-18-28-62/h41-50,68,78-79H,3-40,60-67H2,1-2H3,(H,69,80)(H,70,81)(H,71,84)(H,72,87)(H,73,82)(H,74,83)(H,75,88)(H,76,85)(H,77,86). The predicted molar refractivity (Wildman–Crippen MR) is 358 cm³/mol. The Bertz CT molecular complexity index is 1980. The monoisotopic (exact) mass is 1320 g/mol. The van der Waals surface area contributed by atoms with Crippen molar-refractivity contribution in [1.29, 1.82) is 0 Å². The Hall–Kier alpha value is -4.51. The number of hydrogen-bond donors (Lipinski definition) is 20. The van der Waals surface area contributed by atoms with Gasteiger partial charge in [-0.2, -0.15) is 23.5 Å². The summed E-state index contributed by atoms with van der Waals surface area (Å²) < 4.78 is 0.